The zero-order valence-corrected chi connectivity index (χ0v) is 11.7. The lowest BCUT2D eigenvalue weighted by Gasteiger charge is -2.17. The molecule has 2 aromatic rings. The molecule has 1 aromatic heterocycles. The number of anilines is 1. The first-order valence-electron chi connectivity index (χ1n) is 7.08. The molecule has 1 aliphatic rings. The van der Waals surface area contributed by atoms with Crippen molar-refractivity contribution in [3.05, 3.63) is 53.2 Å². The van der Waals surface area contributed by atoms with Gasteiger partial charge in [0.15, 0.2) is 0 Å². The van der Waals surface area contributed by atoms with E-state index in [1.165, 1.54) is 11.6 Å². The van der Waals surface area contributed by atoms with E-state index in [1.807, 2.05) is 18.2 Å². The van der Waals surface area contributed by atoms with Crippen molar-refractivity contribution in [1.29, 1.82) is 0 Å². The maximum atomic E-state index is 13.4. The molecule has 0 saturated carbocycles. The number of furan rings is 1. The zero-order chi connectivity index (χ0) is 13.9. The minimum Gasteiger partial charge on any atom is -0.463 e. The van der Waals surface area contributed by atoms with Crippen LogP contribution >= 0.6 is 0 Å². The minimum absolute atomic E-state index is 0.178. The van der Waals surface area contributed by atoms with Crippen LogP contribution in [0.4, 0.5) is 10.1 Å². The second-order valence-corrected chi connectivity index (χ2v) is 5.09. The molecule has 0 radical (unpaired) electrons. The standard InChI is InChI=1S/C16H19FN2O/c1-2-18-10-14-5-6-15(20-14)11-19-8-7-12-3-4-13(17)9-16(12)19/h3-6,9,18H,2,7-8,10-11H2,1H3. The molecule has 0 unspecified atom stereocenters. The van der Waals surface area contributed by atoms with Gasteiger partial charge in [-0.05, 0) is 42.8 Å². The Morgan fingerprint density at radius 1 is 1.25 bits per heavy atom. The van der Waals surface area contributed by atoms with Crippen molar-refractivity contribution in [2.75, 3.05) is 18.0 Å². The lowest BCUT2D eigenvalue weighted by atomic mass is 10.2. The minimum atomic E-state index is -0.178. The molecule has 1 aliphatic heterocycles. The molecule has 0 aliphatic carbocycles. The van der Waals surface area contributed by atoms with Gasteiger partial charge in [0.25, 0.3) is 0 Å². The fraction of sp³-hybridized carbons (Fsp3) is 0.375. The van der Waals surface area contributed by atoms with E-state index in [1.54, 1.807) is 6.07 Å². The highest BCUT2D eigenvalue weighted by atomic mass is 19.1. The first-order valence-corrected chi connectivity index (χ1v) is 7.08. The van der Waals surface area contributed by atoms with Gasteiger partial charge in [-0.2, -0.15) is 0 Å². The van der Waals surface area contributed by atoms with Gasteiger partial charge in [0.05, 0.1) is 13.1 Å². The molecule has 4 heteroatoms. The number of fused-ring (bicyclic) bond motifs is 1. The van der Waals surface area contributed by atoms with E-state index >= 15 is 0 Å². The van der Waals surface area contributed by atoms with Crippen LogP contribution in [0, 0.1) is 5.82 Å². The predicted octanol–water partition coefficient (Wildman–Crippen LogP) is 3.09. The van der Waals surface area contributed by atoms with Gasteiger partial charge < -0.3 is 14.6 Å². The van der Waals surface area contributed by atoms with E-state index in [4.69, 9.17) is 4.42 Å². The number of halogens is 1. The van der Waals surface area contributed by atoms with Crippen LogP contribution in [0.3, 0.4) is 0 Å². The van der Waals surface area contributed by atoms with Crippen LogP contribution < -0.4 is 10.2 Å². The Kier molecular flexibility index (Phi) is 3.74. The number of hydrogen-bond donors (Lipinski definition) is 1. The quantitative estimate of drug-likeness (QED) is 0.908. The number of hydrogen-bond acceptors (Lipinski definition) is 3. The maximum absolute atomic E-state index is 13.4. The molecular formula is C16H19FN2O. The van der Waals surface area contributed by atoms with Gasteiger partial charge in [0.2, 0.25) is 0 Å². The van der Waals surface area contributed by atoms with Crippen molar-refractivity contribution in [2.45, 2.75) is 26.4 Å². The summed E-state index contributed by atoms with van der Waals surface area (Å²) in [5.74, 6) is 1.69. The lowest BCUT2D eigenvalue weighted by molar-refractivity contribution is 0.447. The number of nitrogens with one attached hydrogen (secondary N) is 1. The van der Waals surface area contributed by atoms with E-state index < -0.39 is 0 Å². The van der Waals surface area contributed by atoms with Crippen molar-refractivity contribution in [1.82, 2.24) is 5.32 Å². The monoisotopic (exact) mass is 274 g/mol. The van der Waals surface area contributed by atoms with Gasteiger partial charge in [-0.3, -0.25) is 0 Å². The zero-order valence-electron chi connectivity index (χ0n) is 11.7. The molecule has 106 valence electrons. The third-order valence-corrected chi connectivity index (χ3v) is 3.65. The fourth-order valence-electron chi connectivity index (χ4n) is 2.62. The highest BCUT2D eigenvalue weighted by Crippen LogP contribution is 2.30. The molecule has 0 amide bonds. The van der Waals surface area contributed by atoms with Crippen LogP contribution in [0.15, 0.2) is 34.7 Å². The normalized spacial score (nSPS) is 13.8. The Morgan fingerprint density at radius 3 is 2.95 bits per heavy atom. The van der Waals surface area contributed by atoms with E-state index in [0.29, 0.717) is 6.54 Å². The summed E-state index contributed by atoms with van der Waals surface area (Å²) < 4.78 is 19.2. The highest BCUT2D eigenvalue weighted by molar-refractivity contribution is 5.58. The lowest BCUT2D eigenvalue weighted by Crippen LogP contribution is -2.19. The molecule has 3 rings (SSSR count). The van der Waals surface area contributed by atoms with E-state index in [-0.39, 0.29) is 5.82 Å². The fourth-order valence-corrected chi connectivity index (χ4v) is 2.62. The Morgan fingerprint density at radius 2 is 2.10 bits per heavy atom. The third-order valence-electron chi connectivity index (χ3n) is 3.65. The van der Waals surface area contributed by atoms with Crippen LogP contribution in [0.5, 0.6) is 0 Å². The van der Waals surface area contributed by atoms with Crippen LogP contribution in [0.25, 0.3) is 0 Å². The second-order valence-electron chi connectivity index (χ2n) is 5.09. The third kappa shape index (κ3) is 2.70. The summed E-state index contributed by atoms with van der Waals surface area (Å²) in [6.07, 6.45) is 0.973. The van der Waals surface area contributed by atoms with Crippen LogP contribution in [0.1, 0.15) is 24.0 Å². The van der Waals surface area contributed by atoms with Crippen molar-refractivity contribution in [3.8, 4) is 0 Å². The number of rotatable bonds is 5. The smallest absolute Gasteiger partial charge is 0.125 e. The molecule has 1 aromatic carbocycles. The average Bonchev–Trinajstić information content (AvgIpc) is 3.05. The summed E-state index contributed by atoms with van der Waals surface area (Å²) in [5.41, 5.74) is 2.21. The Bertz CT molecular complexity index is 594. The van der Waals surface area contributed by atoms with Gasteiger partial charge in [0.1, 0.15) is 17.3 Å². The molecule has 0 fully saturated rings. The van der Waals surface area contributed by atoms with E-state index in [2.05, 4.69) is 17.1 Å². The summed E-state index contributed by atoms with van der Waals surface area (Å²) in [5, 5.41) is 3.24. The molecule has 0 spiro atoms. The molecule has 1 N–H and O–H groups in total. The van der Waals surface area contributed by atoms with E-state index in [9.17, 15) is 4.39 Å². The Labute approximate surface area is 118 Å². The summed E-state index contributed by atoms with van der Waals surface area (Å²) in [6, 6.07) is 9.03. The van der Waals surface area contributed by atoms with Crippen molar-refractivity contribution in [2.24, 2.45) is 0 Å². The largest absolute Gasteiger partial charge is 0.463 e. The summed E-state index contributed by atoms with van der Waals surface area (Å²) in [7, 11) is 0. The summed E-state index contributed by atoms with van der Waals surface area (Å²) in [4.78, 5) is 2.17. The molecular weight excluding hydrogens is 255 g/mol. The Balaban J connectivity index is 1.70. The average molecular weight is 274 g/mol. The van der Waals surface area contributed by atoms with Gasteiger partial charge in [-0.1, -0.05) is 13.0 Å². The topological polar surface area (TPSA) is 28.4 Å². The second kappa shape index (κ2) is 5.67. The van der Waals surface area contributed by atoms with Gasteiger partial charge in [-0.15, -0.1) is 0 Å². The summed E-state index contributed by atoms with van der Waals surface area (Å²) in [6.45, 7) is 5.36. The molecule has 20 heavy (non-hydrogen) atoms. The molecule has 0 saturated heterocycles. The molecule has 0 bridgehead atoms. The van der Waals surface area contributed by atoms with Gasteiger partial charge >= 0.3 is 0 Å². The number of nitrogens with zero attached hydrogens (tertiary/aromatic N) is 1. The van der Waals surface area contributed by atoms with Crippen LogP contribution in [-0.4, -0.2) is 13.1 Å². The molecule has 3 nitrogen and oxygen atoms in total. The van der Waals surface area contributed by atoms with E-state index in [0.717, 1.165) is 43.3 Å². The van der Waals surface area contributed by atoms with Crippen molar-refractivity contribution >= 4 is 5.69 Å². The Hall–Kier alpha value is -1.81. The molecule has 0 atom stereocenters. The van der Waals surface area contributed by atoms with Crippen molar-refractivity contribution in [3.63, 3.8) is 0 Å². The predicted molar refractivity (Wildman–Crippen MR) is 77.2 cm³/mol. The van der Waals surface area contributed by atoms with Crippen molar-refractivity contribution < 1.29 is 8.81 Å². The SMILES string of the molecule is CCNCc1ccc(CN2CCc3ccc(F)cc32)o1. The van der Waals surface area contributed by atoms with Crippen LogP contribution in [0.2, 0.25) is 0 Å². The van der Waals surface area contributed by atoms with Crippen LogP contribution in [-0.2, 0) is 19.5 Å². The maximum Gasteiger partial charge on any atom is 0.125 e. The number of benzene rings is 1. The van der Waals surface area contributed by atoms with Gasteiger partial charge in [-0.25, -0.2) is 4.39 Å². The first-order chi connectivity index (χ1) is 9.76. The summed E-state index contributed by atoms with van der Waals surface area (Å²) >= 11 is 0. The first kappa shape index (κ1) is 13.2. The highest BCUT2D eigenvalue weighted by Gasteiger charge is 2.20. The van der Waals surface area contributed by atoms with Gasteiger partial charge in [0, 0.05) is 12.2 Å². The molecule has 2 heterocycles.